The van der Waals surface area contributed by atoms with Gasteiger partial charge >= 0.3 is 0 Å². The summed E-state index contributed by atoms with van der Waals surface area (Å²) in [4.78, 5) is 20.6. The zero-order chi connectivity index (χ0) is 17.4. The summed E-state index contributed by atoms with van der Waals surface area (Å²) in [6.45, 7) is 1.44. The van der Waals surface area contributed by atoms with Crippen molar-refractivity contribution >= 4 is 17.2 Å². The number of thiophene rings is 1. The maximum absolute atomic E-state index is 12.9. The van der Waals surface area contributed by atoms with E-state index in [1.807, 2.05) is 22.7 Å². The van der Waals surface area contributed by atoms with Crippen LogP contribution < -0.4 is 0 Å². The third-order valence-electron chi connectivity index (χ3n) is 5.69. The number of hydrogen-bond acceptors (Lipinski definition) is 4. The molecule has 0 spiro atoms. The SMILES string of the molecule is Cn1ccnc1[C@@H](O)C1CCN(C(=O)c2csc3c2CCCC3)CC1. The molecule has 1 saturated heterocycles. The van der Waals surface area contributed by atoms with E-state index in [-0.39, 0.29) is 11.8 Å². The second-order valence-corrected chi connectivity index (χ2v) is 8.19. The van der Waals surface area contributed by atoms with E-state index in [2.05, 4.69) is 10.4 Å². The van der Waals surface area contributed by atoms with Crippen molar-refractivity contribution in [2.75, 3.05) is 13.1 Å². The van der Waals surface area contributed by atoms with Gasteiger partial charge in [-0.05, 0) is 50.0 Å². The van der Waals surface area contributed by atoms with Crippen molar-refractivity contribution < 1.29 is 9.90 Å². The van der Waals surface area contributed by atoms with Crippen LogP contribution in [0.5, 0.6) is 0 Å². The lowest BCUT2D eigenvalue weighted by atomic mass is 9.90. The van der Waals surface area contributed by atoms with Crippen LogP contribution in [0.15, 0.2) is 17.8 Å². The number of carbonyl (C=O) groups excluding carboxylic acids is 1. The van der Waals surface area contributed by atoms with Crippen molar-refractivity contribution in [1.82, 2.24) is 14.5 Å². The lowest BCUT2D eigenvalue weighted by Gasteiger charge is -2.34. The van der Waals surface area contributed by atoms with Crippen molar-refractivity contribution in [3.8, 4) is 0 Å². The van der Waals surface area contributed by atoms with Gasteiger partial charge in [-0.25, -0.2) is 4.98 Å². The van der Waals surface area contributed by atoms with Crippen LogP contribution in [0.25, 0.3) is 0 Å². The number of piperidine rings is 1. The van der Waals surface area contributed by atoms with Crippen molar-refractivity contribution in [3.63, 3.8) is 0 Å². The second-order valence-electron chi connectivity index (χ2n) is 7.23. The molecule has 2 aliphatic rings. The Bertz CT molecular complexity index is 759. The van der Waals surface area contributed by atoms with Crippen LogP contribution in [0.2, 0.25) is 0 Å². The Morgan fingerprint density at radius 2 is 2.08 bits per heavy atom. The van der Waals surface area contributed by atoms with Crippen molar-refractivity contribution in [3.05, 3.63) is 39.6 Å². The molecule has 0 aromatic carbocycles. The Morgan fingerprint density at radius 3 is 2.80 bits per heavy atom. The highest BCUT2D eigenvalue weighted by molar-refractivity contribution is 7.10. The standard InChI is InChI=1S/C19H25N3O2S/c1-21-11-8-20-18(21)17(23)13-6-9-22(10-7-13)19(24)15-12-25-16-5-3-2-4-14(15)16/h8,11-13,17,23H,2-7,9-10H2,1H3/t17-/m0/s1. The van der Waals surface area contributed by atoms with Crippen LogP contribution in [0.1, 0.15) is 58.4 Å². The largest absolute Gasteiger partial charge is 0.385 e. The Balaban J connectivity index is 1.41. The highest BCUT2D eigenvalue weighted by Crippen LogP contribution is 2.33. The number of fused-ring (bicyclic) bond motifs is 1. The van der Waals surface area contributed by atoms with Gasteiger partial charge in [0.05, 0.1) is 5.56 Å². The lowest BCUT2D eigenvalue weighted by Crippen LogP contribution is -2.40. The van der Waals surface area contributed by atoms with Gasteiger partial charge in [-0.15, -0.1) is 11.3 Å². The quantitative estimate of drug-likeness (QED) is 0.917. The number of nitrogens with zero attached hydrogens (tertiary/aromatic N) is 3. The Kier molecular flexibility index (Phi) is 4.65. The smallest absolute Gasteiger partial charge is 0.254 e. The molecule has 1 fully saturated rings. The van der Waals surface area contributed by atoms with Gasteiger partial charge in [0.1, 0.15) is 11.9 Å². The van der Waals surface area contributed by atoms with Crippen molar-refractivity contribution in [1.29, 1.82) is 0 Å². The van der Waals surface area contributed by atoms with Crippen LogP contribution in [-0.4, -0.2) is 38.6 Å². The second kappa shape index (κ2) is 6.92. The molecule has 0 saturated carbocycles. The first-order valence-corrected chi connectivity index (χ1v) is 10.1. The molecule has 3 heterocycles. The van der Waals surface area contributed by atoms with Crippen LogP contribution in [0.3, 0.4) is 0 Å². The molecule has 1 atom stereocenters. The number of likely N-dealkylation sites (tertiary alicyclic amines) is 1. The highest BCUT2D eigenvalue weighted by atomic mass is 32.1. The molecule has 5 nitrogen and oxygen atoms in total. The zero-order valence-electron chi connectivity index (χ0n) is 14.6. The van der Waals surface area contributed by atoms with Gasteiger partial charge in [0.25, 0.3) is 5.91 Å². The highest BCUT2D eigenvalue weighted by Gasteiger charge is 2.31. The first kappa shape index (κ1) is 16.8. The maximum atomic E-state index is 12.9. The molecule has 2 aromatic rings. The number of amides is 1. The Morgan fingerprint density at radius 1 is 1.32 bits per heavy atom. The number of hydrogen-bond donors (Lipinski definition) is 1. The van der Waals surface area contributed by atoms with Gasteiger partial charge < -0.3 is 14.6 Å². The molecule has 0 radical (unpaired) electrons. The number of rotatable bonds is 3. The monoisotopic (exact) mass is 359 g/mol. The minimum Gasteiger partial charge on any atom is -0.385 e. The zero-order valence-corrected chi connectivity index (χ0v) is 15.5. The fraction of sp³-hybridized carbons (Fsp3) is 0.579. The number of aryl methyl sites for hydroxylation is 2. The summed E-state index contributed by atoms with van der Waals surface area (Å²) < 4.78 is 1.87. The molecule has 1 aliphatic carbocycles. The van der Waals surface area contributed by atoms with Crippen LogP contribution >= 0.6 is 11.3 Å². The fourth-order valence-electron chi connectivity index (χ4n) is 4.13. The first-order chi connectivity index (χ1) is 12.1. The average Bonchev–Trinajstić information content (AvgIpc) is 3.27. The molecule has 2 aromatic heterocycles. The molecule has 134 valence electrons. The van der Waals surface area contributed by atoms with Gasteiger partial charge in [0.2, 0.25) is 0 Å². The molecule has 1 aliphatic heterocycles. The minimum absolute atomic E-state index is 0.168. The number of imidazole rings is 1. The van der Waals surface area contributed by atoms with E-state index in [4.69, 9.17) is 0 Å². The van der Waals surface area contributed by atoms with E-state index >= 15 is 0 Å². The predicted octanol–water partition coefficient (Wildman–Crippen LogP) is 2.95. The fourth-order valence-corrected chi connectivity index (χ4v) is 5.25. The van der Waals surface area contributed by atoms with Crippen molar-refractivity contribution in [2.45, 2.75) is 44.6 Å². The third-order valence-corrected chi connectivity index (χ3v) is 6.78. The number of carbonyl (C=O) groups is 1. The third kappa shape index (κ3) is 3.13. The van der Waals surface area contributed by atoms with Crippen LogP contribution in [0, 0.1) is 5.92 Å². The normalized spacial score (nSPS) is 19.7. The predicted molar refractivity (Wildman–Crippen MR) is 97.8 cm³/mol. The molecule has 1 amide bonds. The maximum Gasteiger partial charge on any atom is 0.254 e. The molecule has 6 heteroatoms. The number of aromatic nitrogens is 2. The van der Waals surface area contributed by atoms with E-state index in [1.165, 1.54) is 23.3 Å². The van der Waals surface area contributed by atoms with Gasteiger partial charge in [-0.3, -0.25) is 4.79 Å². The minimum atomic E-state index is -0.550. The Labute approximate surface area is 152 Å². The number of aliphatic hydroxyl groups is 1. The molecular formula is C19H25N3O2S. The van der Waals surface area contributed by atoms with Crippen LogP contribution in [0.4, 0.5) is 0 Å². The van der Waals surface area contributed by atoms with E-state index < -0.39 is 6.10 Å². The molecule has 4 rings (SSSR count). The first-order valence-electron chi connectivity index (χ1n) is 9.19. The summed E-state index contributed by atoms with van der Waals surface area (Å²) in [5.41, 5.74) is 2.24. The summed E-state index contributed by atoms with van der Waals surface area (Å²) >= 11 is 1.75. The van der Waals surface area contributed by atoms with Crippen LogP contribution in [-0.2, 0) is 19.9 Å². The van der Waals surface area contributed by atoms with E-state index in [1.54, 1.807) is 17.5 Å². The lowest BCUT2D eigenvalue weighted by molar-refractivity contribution is 0.0419. The van der Waals surface area contributed by atoms with Gasteiger partial charge in [0.15, 0.2) is 0 Å². The van der Waals surface area contributed by atoms with Gasteiger partial charge in [-0.2, -0.15) is 0 Å². The summed E-state index contributed by atoms with van der Waals surface area (Å²) in [6, 6.07) is 0. The van der Waals surface area contributed by atoms with E-state index in [9.17, 15) is 9.90 Å². The summed E-state index contributed by atoms with van der Waals surface area (Å²) in [5, 5.41) is 12.7. The topological polar surface area (TPSA) is 58.4 Å². The van der Waals surface area contributed by atoms with Gasteiger partial charge in [0, 0.05) is 42.8 Å². The van der Waals surface area contributed by atoms with Gasteiger partial charge in [-0.1, -0.05) is 0 Å². The molecular weight excluding hydrogens is 334 g/mol. The molecule has 0 bridgehead atoms. The Hall–Kier alpha value is -1.66. The summed E-state index contributed by atoms with van der Waals surface area (Å²) in [7, 11) is 1.91. The molecule has 0 unspecified atom stereocenters. The van der Waals surface area contributed by atoms with E-state index in [0.717, 1.165) is 50.2 Å². The van der Waals surface area contributed by atoms with Crippen molar-refractivity contribution in [2.24, 2.45) is 13.0 Å². The summed E-state index contributed by atoms with van der Waals surface area (Å²) in [5.74, 6) is 1.07. The molecule has 25 heavy (non-hydrogen) atoms. The summed E-state index contributed by atoms with van der Waals surface area (Å²) in [6.07, 6.45) is 9.30. The molecule has 1 N–H and O–H groups in total. The number of aliphatic hydroxyl groups excluding tert-OH is 1. The average molecular weight is 359 g/mol. The van der Waals surface area contributed by atoms with E-state index in [0.29, 0.717) is 0 Å².